The molecule has 0 heterocycles. The van der Waals surface area contributed by atoms with Crippen LogP contribution in [0, 0.1) is 5.92 Å². The first-order valence-electron chi connectivity index (χ1n) is 7.51. The maximum Gasteiger partial charge on any atom is 0.261 e. The van der Waals surface area contributed by atoms with E-state index in [1.54, 1.807) is 36.4 Å². The molecule has 128 valence electrons. The minimum atomic E-state index is -3.75. The van der Waals surface area contributed by atoms with Crippen LogP contribution in [0.1, 0.15) is 20.3 Å². The number of amides is 1. The van der Waals surface area contributed by atoms with Crippen molar-refractivity contribution in [2.75, 3.05) is 10.0 Å². The summed E-state index contributed by atoms with van der Waals surface area (Å²) < 4.78 is 27.4. The van der Waals surface area contributed by atoms with Gasteiger partial charge in [0.2, 0.25) is 5.91 Å². The monoisotopic (exact) mass is 366 g/mol. The SMILES string of the molecule is CC[C@@H](C)C(=O)Nc1cccc(S(=O)(=O)Nc2ccc(Cl)cc2)c1. The summed E-state index contributed by atoms with van der Waals surface area (Å²) in [7, 11) is -3.75. The van der Waals surface area contributed by atoms with Crippen LogP contribution in [-0.4, -0.2) is 14.3 Å². The maximum atomic E-state index is 12.5. The lowest BCUT2D eigenvalue weighted by atomic mass is 10.1. The molecular formula is C17H19ClN2O3S. The van der Waals surface area contributed by atoms with E-state index < -0.39 is 10.0 Å². The van der Waals surface area contributed by atoms with E-state index in [2.05, 4.69) is 10.0 Å². The number of carbonyl (C=O) groups is 1. The van der Waals surface area contributed by atoms with Crippen molar-refractivity contribution in [1.29, 1.82) is 0 Å². The topological polar surface area (TPSA) is 75.3 Å². The summed E-state index contributed by atoms with van der Waals surface area (Å²) in [5.41, 5.74) is 0.854. The van der Waals surface area contributed by atoms with Crippen molar-refractivity contribution in [2.24, 2.45) is 5.92 Å². The highest BCUT2D eigenvalue weighted by Crippen LogP contribution is 2.21. The number of halogens is 1. The normalized spacial score (nSPS) is 12.5. The number of anilines is 2. The molecule has 24 heavy (non-hydrogen) atoms. The molecule has 0 saturated carbocycles. The number of hydrogen-bond donors (Lipinski definition) is 2. The summed E-state index contributed by atoms with van der Waals surface area (Å²) >= 11 is 5.79. The second-order valence-electron chi connectivity index (χ2n) is 5.44. The van der Waals surface area contributed by atoms with E-state index in [-0.39, 0.29) is 16.7 Å². The Morgan fingerprint density at radius 2 is 1.79 bits per heavy atom. The van der Waals surface area contributed by atoms with Crippen LogP contribution in [0.2, 0.25) is 5.02 Å². The van der Waals surface area contributed by atoms with Gasteiger partial charge < -0.3 is 5.32 Å². The predicted molar refractivity (Wildman–Crippen MR) is 96.8 cm³/mol. The van der Waals surface area contributed by atoms with Crippen LogP contribution in [0.4, 0.5) is 11.4 Å². The molecular weight excluding hydrogens is 348 g/mol. The van der Waals surface area contributed by atoms with Gasteiger partial charge in [-0.2, -0.15) is 0 Å². The molecule has 0 bridgehead atoms. The Morgan fingerprint density at radius 1 is 1.12 bits per heavy atom. The van der Waals surface area contributed by atoms with Gasteiger partial charge in [0.25, 0.3) is 10.0 Å². The lowest BCUT2D eigenvalue weighted by Gasteiger charge is -2.12. The summed E-state index contributed by atoms with van der Waals surface area (Å²) in [5, 5.41) is 3.25. The third-order valence-corrected chi connectivity index (χ3v) is 5.20. The van der Waals surface area contributed by atoms with E-state index in [9.17, 15) is 13.2 Å². The second-order valence-corrected chi connectivity index (χ2v) is 7.56. The Hall–Kier alpha value is -2.05. The first-order valence-corrected chi connectivity index (χ1v) is 9.37. The van der Waals surface area contributed by atoms with Crippen LogP contribution in [0.5, 0.6) is 0 Å². The van der Waals surface area contributed by atoms with Gasteiger partial charge in [-0.1, -0.05) is 31.5 Å². The molecule has 1 amide bonds. The van der Waals surface area contributed by atoms with E-state index in [0.717, 1.165) is 0 Å². The smallest absolute Gasteiger partial charge is 0.261 e. The molecule has 7 heteroatoms. The molecule has 2 rings (SSSR count). The molecule has 0 aliphatic rings. The molecule has 0 saturated heterocycles. The lowest BCUT2D eigenvalue weighted by Crippen LogP contribution is -2.20. The van der Waals surface area contributed by atoms with Gasteiger partial charge in [-0.05, 0) is 48.9 Å². The van der Waals surface area contributed by atoms with Crippen LogP contribution in [-0.2, 0) is 14.8 Å². The molecule has 0 fully saturated rings. The summed E-state index contributed by atoms with van der Waals surface area (Å²) in [6.45, 7) is 3.74. The number of benzene rings is 2. The highest BCUT2D eigenvalue weighted by Gasteiger charge is 2.16. The average molecular weight is 367 g/mol. The number of sulfonamides is 1. The third kappa shape index (κ3) is 4.72. The van der Waals surface area contributed by atoms with Crippen molar-refractivity contribution in [3.63, 3.8) is 0 Å². The zero-order chi connectivity index (χ0) is 17.7. The molecule has 0 aliphatic carbocycles. The van der Waals surface area contributed by atoms with Crippen molar-refractivity contribution in [2.45, 2.75) is 25.2 Å². The molecule has 5 nitrogen and oxygen atoms in total. The van der Waals surface area contributed by atoms with Gasteiger partial charge in [-0.25, -0.2) is 8.42 Å². The zero-order valence-corrected chi connectivity index (χ0v) is 15.0. The first-order chi connectivity index (χ1) is 11.3. The van der Waals surface area contributed by atoms with Gasteiger partial charge in [0, 0.05) is 22.3 Å². The van der Waals surface area contributed by atoms with E-state index >= 15 is 0 Å². The van der Waals surface area contributed by atoms with Gasteiger partial charge in [0.15, 0.2) is 0 Å². The van der Waals surface area contributed by atoms with Crippen LogP contribution in [0.3, 0.4) is 0 Å². The second kappa shape index (κ2) is 7.68. The Bertz CT molecular complexity index is 820. The van der Waals surface area contributed by atoms with Crippen molar-refractivity contribution >= 4 is 38.9 Å². The van der Waals surface area contributed by atoms with E-state index in [4.69, 9.17) is 11.6 Å². The minimum Gasteiger partial charge on any atom is -0.326 e. The number of hydrogen-bond acceptors (Lipinski definition) is 3. The minimum absolute atomic E-state index is 0.0689. The molecule has 0 aromatic heterocycles. The summed E-state index contributed by atoms with van der Waals surface area (Å²) in [5.74, 6) is -0.282. The summed E-state index contributed by atoms with van der Waals surface area (Å²) in [4.78, 5) is 12.0. The lowest BCUT2D eigenvalue weighted by molar-refractivity contribution is -0.119. The van der Waals surface area contributed by atoms with Gasteiger partial charge in [-0.3, -0.25) is 9.52 Å². The molecule has 0 radical (unpaired) electrons. The van der Waals surface area contributed by atoms with Crippen LogP contribution in [0.15, 0.2) is 53.4 Å². The fraction of sp³-hybridized carbons (Fsp3) is 0.235. The molecule has 0 unspecified atom stereocenters. The Kier molecular flexibility index (Phi) is 5.85. The Labute approximate surface area is 147 Å². The highest BCUT2D eigenvalue weighted by atomic mass is 35.5. The Morgan fingerprint density at radius 3 is 2.42 bits per heavy atom. The van der Waals surface area contributed by atoms with Crippen LogP contribution in [0.25, 0.3) is 0 Å². The predicted octanol–water partition coefficient (Wildman–Crippen LogP) is 4.13. The molecule has 1 atom stereocenters. The van der Waals surface area contributed by atoms with Crippen molar-refractivity contribution in [3.8, 4) is 0 Å². The van der Waals surface area contributed by atoms with E-state index in [1.807, 2.05) is 13.8 Å². The number of rotatable bonds is 6. The maximum absolute atomic E-state index is 12.5. The van der Waals surface area contributed by atoms with E-state index in [0.29, 0.717) is 22.8 Å². The molecule has 0 spiro atoms. The molecule has 2 N–H and O–H groups in total. The Balaban J connectivity index is 2.20. The van der Waals surface area contributed by atoms with E-state index in [1.165, 1.54) is 12.1 Å². The van der Waals surface area contributed by atoms with Gasteiger partial charge in [0.1, 0.15) is 0 Å². The van der Waals surface area contributed by atoms with Crippen LogP contribution >= 0.6 is 11.6 Å². The zero-order valence-electron chi connectivity index (χ0n) is 13.4. The largest absolute Gasteiger partial charge is 0.326 e. The first kappa shape index (κ1) is 18.3. The third-order valence-electron chi connectivity index (χ3n) is 3.57. The molecule has 0 aliphatic heterocycles. The number of carbonyl (C=O) groups excluding carboxylic acids is 1. The summed E-state index contributed by atoms with van der Waals surface area (Å²) in [6.07, 6.45) is 0.710. The van der Waals surface area contributed by atoms with Gasteiger partial charge >= 0.3 is 0 Å². The van der Waals surface area contributed by atoms with Crippen molar-refractivity contribution < 1.29 is 13.2 Å². The van der Waals surface area contributed by atoms with Crippen LogP contribution < -0.4 is 10.0 Å². The van der Waals surface area contributed by atoms with Gasteiger partial charge in [-0.15, -0.1) is 0 Å². The quantitative estimate of drug-likeness (QED) is 0.807. The standard InChI is InChI=1S/C17H19ClN2O3S/c1-3-12(2)17(21)19-15-5-4-6-16(11-15)24(22,23)20-14-9-7-13(18)8-10-14/h4-12,20H,3H2,1-2H3,(H,19,21)/t12-/m1/s1. The van der Waals surface area contributed by atoms with Crippen molar-refractivity contribution in [1.82, 2.24) is 0 Å². The average Bonchev–Trinajstić information content (AvgIpc) is 2.56. The molecule has 2 aromatic carbocycles. The number of nitrogens with one attached hydrogen (secondary N) is 2. The fourth-order valence-corrected chi connectivity index (χ4v) is 3.15. The fourth-order valence-electron chi connectivity index (χ4n) is 1.92. The van der Waals surface area contributed by atoms with Gasteiger partial charge in [0.05, 0.1) is 4.90 Å². The molecule has 2 aromatic rings. The summed E-state index contributed by atoms with van der Waals surface area (Å²) in [6, 6.07) is 12.5. The van der Waals surface area contributed by atoms with Crippen molar-refractivity contribution in [3.05, 3.63) is 53.6 Å². The highest BCUT2D eigenvalue weighted by molar-refractivity contribution is 7.92.